The maximum atomic E-state index is 10.4. The molecule has 1 aliphatic carbocycles. The Bertz CT molecular complexity index is 809. The van der Waals surface area contributed by atoms with Crippen molar-refractivity contribution in [3.63, 3.8) is 0 Å². The molecular weight excluding hydrogens is 314 g/mol. The molecule has 2 aromatic rings. The van der Waals surface area contributed by atoms with Gasteiger partial charge in [0.05, 0.1) is 5.71 Å². The number of aliphatic hydroxyl groups excluding tert-OH is 1. The second-order valence-electron chi connectivity index (χ2n) is 6.85. The lowest BCUT2D eigenvalue weighted by molar-refractivity contribution is 0.269. The van der Waals surface area contributed by atoms with Crippen LogP contribution in [-0.2, 0) is 0 Å². The number of benzene rings is 1. The van der Waals surface area contributed by atoms with E-state index >= 15 is 0 Å². The third-order valence-corrected chi connectivity index (χ3v) is 5.07. The molecule has 0 radical (unpaired) electrons. The third-order valence-electron chi connectivity index (χ3n) is 5.07. The number of aliphatic hydroxyl groups is 1. The lowest BCUT2D eigenvalue weighted by atomic mass is 9.84. The van der Waals surface area contributed by atoms with Gasteiger partial charge in [-0.2, -0.15) is 0 Å². The van der Waals surface area contributed by atoms with E-state index in [4.69, 9.17) is 5.73 Å². The summed E-state index contributed by atoms with van der Waals surface area (Å²) in [4.78, 5) is 12.9. The highest BCUT2D eigenvalue weighted by Crippen LogP contribution is 2.35. The molecule has 0 bridgehead atoms. The summed E-state index contributed by atoms with van der Waals surface area (Å²) in [6.07, 6.45) is 5.61. The average molecular weight is 337 g/mol. The van der Waals surface area contributed by atoms with Gasteiger partial charge in [-0.1, -0.05) is 43.5 Å². The predicted octanol–water partition coefficient (Wildman–Crippen LogP) is 3.28. The molecule has 1 fully saturated rings. The fraction of sp³-hybridized carbons (Fsp3) is 0.421. The van der Waals surface area contributed by atoms with Gasteiger partial charge < -0.3 is 16.2 Å². The van der Waals surface area contributed by atoms with E-state index in [1.54, 1.807) is 6.92 Å². The average Bonchev–Trinajstić information content (AvgIpc) is 2.62. The SMILES string of the molecule is Cc1nc(N)c2c(n1)NC(O)C(c1ccc(C3CCCCC3)cc1)=N2. The number of hydrogen-bond acceptors (Lipinski definition) is 6. The first-order chi connectivity index (χ1) is 12.1. The fourth-order valence-corrected chi connectivity index (χ4v) is 3.76. The Morgan fingerprint density at radius 3 is 2.52 bits per heavy atom. The molecule has 2 aliphatic rings. The van der Waals surface area contributed by atoms with Crippen LogP contribution in [-0.4, -0.2) is 27.0 Å². The second-order valence-corrected chi connectivity index (χ2v) is 6.85. The zero-order valence-corrected chi connectivity index (χ0v) is 14.4. The lowest BCUT2D eigenvalue weighted by Gasteiger charge is -2.24. The van der Waals surface area contributed by atoms with E-state index in [-0.39, 0.29) is 0 Å². The van der Waals surface area contributed by atoms with Crippen LogP contribution in [0.1, 0.15) is 55.0 Å². The molecule has 1 unspecified atom stereocenters. The molecule has 6 nitrogen and oxygen atoms in total. The van der Waals surface area contributed by atoms with Gasteiger partial charge in [0, 0.05) is 5.56 Å². The van der Waals surface area contributed by atoms with Crippen LogP contribution in [0.5, 0.6) is 0 Å². The van der Waals surface area contributed by atoms with Crippen LogP contribution >= 0.6 is 0 Å². The van der Waals surface area contributed by atoms with Gasteiger partial charge in [-0.25, -0.2) is 15.0 Å². The number of rotatable bonds is 2. The molecule has 4 rings (SSSR count). The van der Waals surface area contributed by atoms with Gasteiger partial charge in [-0.05, 0) is 31.2 Å². The van der Waals surface area contributed by atoms with Crippen molar-refractivity contribution in [2.45, 2.75) is 51.2 Å². The second kappa shape index (κ2) is 6.44. The Kier molecular flexibility index (Phi) is 4.13. The molecule has 0 spiro atoms. The van der Waals surface area contributed by atoms with Gasteiger partial charge in [0.2, 0.25) is 0 Å². The van der Waals surface area contributed by atoms with Gasteiger partial charge in [0.25, 0.3) is 0 Å². The quantitative estimate of drug-likeness (QED) is 0.781. The van der Waals surface area contributed by atoms with Gasteiger partial charge in [0.1, 0.15) is 11.5 Å². The smallest absolute Gasteiger partial charge is 0.169 e. The van der Waals surface area contributed by atoms with Crippen molar-refractivity contribution >= 4 is 23.0 Å². The van der Waals surface area contributed by atoms with E-state index in [1.165, 1.54) is 37.7 Å². The zero-order chi connectivity index (χ0) is 17.4. The monoisotopic (exact) mass is 337 g/mol. The Morgan fingerprint density at radius 2 is 1.80 bits per heavy atom. The minimum Gasteiger partial charge on any atom is -0.382 e. The summed E-state index contributed by atoms with van der Waals surface area (Å²) in [6, 6.07) is 8.38. The first kappa shape index (κ1) is 16.0. The molecule has 1 aliphatic heterocycles. The molecule has 1 saturated carbocycles. The number of hydrogen-bond donors (Lipinski definition) is 3. The van der Waals surface area contributed by atoms with Crippen LogP contribution in [0, 0.1) is 6.92 Å². The minimum atomic E-state index is -0.915. The Labute approximate surface area is 147 Å². The summed E-state index contributed by atoms with van der Waals surface area (Å²) in [5, 5.41) is 13.4. The first-order valence-electron chi connectivity index (χ1n) is 8.89. The minimum absolute atomic E-state index is 0.318. The van der Waals surface area contributed by atoms with Crippen molar-refractivity contribution in [3.05, 3.63) is 41.2 Å². The number of aliphatic imine (C=N–C) groups is 1. The molecule has 6 heteroatoms. The van der Waals surface area contributed by atoms with Crippen molar-refractivity contribution in [1.82, 2.24) is 9.97 Å². The van der Waals surface area contributed by atoms with Crippen molar-refractivity contribution in [3.8, 4) is 0 Å². The Balaban J connectivity index is 1.65. The van der Waals surface area contributed by atoms with Crippen LogP contribution in [0.2, 0.25) is 0 Å². The molecule has 25 heavy (non-hydrogen) atoms. The number of anilines is 2. The van der Waals surface area contributed by atoms with Gasteiger partial charge in [-0.3, -0.25) is 0 Å². The number of nitrogen functional groups attached to an aromatic ring is 1. The summed E-state index contributed by atoms with van der Waals surface area (Å²) in [6.45, 7) is 1.76. The molecule has 2 heterocycles. The van der Waals surface area contributed by atoms with E-state index in [9.17, 15) is 5.11 Å². The molecule has 130 valence electrons. The molecule has 1 aromatic heterocycles. The number of nitrogens with two attached hydrogens (primary N) is 1. The standard InChI is InChI=1S/C19H23N5O/c1-11-21-17(20)16-18(22-11)24-19(25)15(23-16)14-9-7-13(8-10-14)12-5-3-2-4-6-12/h7-10,12,19,25H,2-6H2,1H3,(H3,20,21,22,24). The largest absolute Gasteiger partial charge is 0.382 e. The number of aromatic nitrogens is 2. The highest BCUT2D eigenvalue weighted by atomic mass is 16.3. The Hall–Kier alpha value is -2.47. The van der Waals surface area contributed by atoms with E-state index in [1.807, 2.05) is 12.1 Å². The molecule has 1 atom stereocenters. The number of aryl methyl sites for hydroxylation is 1. The van der Waals surface area contributed by atoms with Crippen LogP contribution < -0.4 is 11.1 Å². The maximum Gasteiger partial charge on any atom is 0.169 e. The van der Waals surface area contributed by atoms with Crippen LogP contribution in [0.15, 0.2) is 29.3 Å². The Morgan fingerprint density at radius 1 is 1.08 bits per heavy atom. The maximum absolute atomic E-state index is 10.4. The lowest BCUT2D eigenvalue weighted by Crippen LogP contribution is -2.33. The van der Waals surface area contributed by atoms with E-state index in [2.05, 4.69) is 32.4 Å². The van der Waals surface area contributed by atoms with Gasteiger partial charge in [-0.15, -0.1) is 0 Å². The highest BCUT2D eigenvalue weighted by molar-refractivity contribution is 6.09. The van der Waals surface area contributed by atoms with Crippen molar-refractivity contribution in [2.24, 2.45) is 4.99 Å². The number of nitrogens with zero attached hydrogens (tertiary/aromatic N) is 3. The van der Waals surface area contributed by atoms with E-state index < -0.39 is 6.23 Å². The zero-order valence-electron chi connectivity index (χ0n) is 14.4. The summed E-state index contributed by atoms with van der Waals surface area (Å²) >= 11 is 0. The predicted molar refractivity (Wildman–Crippen MR) is 99.3 cm³/mol. The summed E-state index contributed by atoms with van der Waals surface area (Å²) in [5.74, 6) is 2.00. The van der Waals surface area contributed by atoms with Gasteiger partial charge in [0.15, 0.2) is 17.9 Å². The number of fused-ring (bicyclic) bond motifs is 1. The van der Waals surface area contributed by atoms with Crippen molar-refractivity contribution in [2.75, 3.05) is 11.1 Å². The fourth-order valence-electron chi connectivity index (χ4n) is 3.76. The van der Waals surface area contributed by atoms with Crippen LogP contribution in [0.25, 0.3) is 0 Å². The van der Waals surface area contributed by atoms with E-state index in [0.717, 1.165) is 5.56 Å². The van der Waals surface area contributed by atoms with Crippen LogP contribution in [0.4, 0.5) is 17.3 Å². The molecule has 4 N–H and O–H groups in total. The topological polar surface area (TPSA) is 96.4 Å². The first-order valence-corrected chi connectivity index (χ1v) is 8.89. The normalized spacial score (nSPS) is 20.6. The molecular formula is C19H23N5O. The summed E-state index contributed by atoms with van der Waals surface area (Å²) in [5.41, 5.74) is 9.26. The third kappa shape index (κ3) is 3.09. The van der Waals surface area contributed by atoms with Crippen molar-refractivity contribution in [1.29, 1.82) is 0 Å². The van der Waals surface area contributed by atoms with E-state index in [0.29, 0.717) is 34.8 Å². The molecule has 0 amide bonds. The number of nitrogens with one attached hydrogen (secondary N) is 1. The summed E-state index contributed by atoms with van der Waals surface area (Å²) in [7, 11) is 0. The van der Waals surface area contributed by atoms with Gasteiger partial charge >= 0.3 is 0 Å². The van der Waals surface area contributed by atoms with Crippen LogP contribution in [0.3, 0.4) is 0 Å². The highest BCUT2D eigenvalue weighted by Gasteiger charge is 2.25. The summed E-state index contributed by atoms with van der Waals surface area (Å²) < 4.78 is 0. The molecule has 0 saturated heterocycles. The molecule has 1 aromatic carbocycles. The van der Waals surface area contributed by atoms with Crippen molar-refractivity contribution < 1.29 is 5.11 Å².